The Kier molecular flexibility index (Phi) is 5.38. The number of allylic oxidation sites excluding steroid dienone is 2. The quantitative estimate of drug-likeness (QED) is 0.780. The number of alkyl halides is 3. The largest absolute Gasteiger partial charge is 0.496 e. The molecule has 0 spiro atoms. The van der Waals surface area contributed by atoms with Gasteiger partial charge in [0.05, 0.1) is 13.7 Å². The third-order valence-corrected chi connectivity index (χ3v) is 4.18. The zero-order valence-electron chi connectivity index (χ0n) is 13.8. The standard InChI is InChI=1S/C18H20F4O2/c1-10(2)14-7-15(17(24-3)8-16(14)19)13-5-4-12(18(20,21)22)6-11(13)9-23/h6-8,10,23H,4-5,9H2,1-3H3. The average Bonchev–Trinajstić information content (AvgIpc) is 2.52. The van der Waals surface area contributed by atoms with Gasteiger partial charge >= 0.3 is 6.18 Å². The van der Waals surface area contributed by atoms with Crippen molar-refractivity contribution in [2.75, 3.05) is 13.7 Å². The summed E-state index contributed by atoms with van der Waals surface area (Å²) < 4.78 is 58.0. The number of halogens is 4. The predicted molar refractivity (Wildman–Crippen MR) is 84.4 cm³/mol. The van der Waals surface area contributed by atoms with Crippen molar-refractivity contribution in [3.8, 4) is 5.75 Å². The van der Waals surface area contributed by atoms with Gasteiger partial charge in [-0.2, -0.15) is 13.2 Å². The normalized spacial score (nSPS) is 15.8. The first-order valence-corrected chi connectivity index (χ1v) is 7.67. The molecule has 1 aromatic carbocycles. The number of hydrogen-bond donors (Lipinski definition) is 1. The molecule has 0 aliphatic heterocycles. The van der Waals surface area contributed by atoms with E-state index < -0.39 is 24.2 Å². The minimum absolute atomic E-state index is 0.0855. The lowest BCUT2D eigenvalue weighted by atomic mass is 9.86. The highest BCUT2D eigenvalue weighted by molar-refractivity contribution is 5.77. The molecular formula is C18H20F4O2. The summed E-state index contributed by atoms with van der Waals surface area (Å²) in [5, 5.41) is 9.52. The highest BCUT2D eigenvalue weighted by Crippen LogP contribution is 2.42. The summed E-state index contributed by atoms with van der Waals surface area (Å²) in [6.45, 7) is 3.14. The smallest absolute Gasteiger partial charge is 0.412 e. The minimum Gasteiger partial charge on any atom is -0.496 e. The van der Waals surface area contributed by atoms with E-state index in [2.05, 4.69) is 0 Å². The van der Waals surface area contributed by atoms with Gasteiger partial charge in [0.1, 0.15) is 11.6 Å². The number of hydrogen-bond acceptors (Lipinski definition) is 2. The second kappa shape index (κ2) is 6.97. The molecule has 0 aromatic heterocycles. The lowest BCUT2D eigenvalue weighted by molar-refractivity contribution is -0.0940. The molecule has 1 aliphatic carbocycles. The van der Waals surface area contributed by atoms with Gasteiger partial charge in [0.2, 0.25) is 0 Å². The van der Waals surface area contributed by atoms with Crippen molar-refractivity contribution >= 4 is 5.57 Å². The van der Waals surface area contributed by atoms with Crippen LogP contribution in [-0.2, 0) is 0 Å². The highest BCUT2D eigenvalue weighted by Gasteiger charge is 2.35. The summed E-state index contributed by atoms with van der Waals surface area (Å²) >= 11 is 0. The number of aliphatic hydroxyl groups is 1. The molecule has 2 rings (SSSR count). The second-order valence-electron chi connectivity index (χ2n) is 6.06. The SMILES string of the molecule is COc1cc(F)c(C(C)C)cc1C1=C(CO)C=C(C(F)(F)F)CC1. The molecule has 132 valence electrons. The van der Waals surface area contributed by atoms with E-state index in [-0.39, 0.29) is 30.1 Å². The molecule has 1 N–H and O–H groups in total. The van der Waals surface area contributed by atoms with Gasteiger partial charge in [-0.15, -0.1) is 0 Å². The number of ether oxygens (including phenoxy) is 1. The molecule has 0 atom stereocenters. The summed E-state index contributed by atoms with van der Waals surface area (Å²) in [6, 6.07) is 2.85. The molecule has 1 aliphatic rings. The van der Waals surface area contributed by atoms with Crippen LogP contribution in [0.1, 0.15) is 43.7 Å². The first kappa shape index (κ1) is 18.5. The first-order chi connectivity index (χ1) is 11.2. The van der Waals surface area contributed by atoms with E-state index in [1.807, 2.05) is 13.8 Å². The fraction of sp³-hybridized carbons (Fsp3) is 0.444. The molecule has 0 bridgehead atoms. The Labute approximate surface area is 138 Å². The molecule has 6 heteroatoms. The van der Waals surface area contributed by atoms with E-state index in [4.69, 9.17) is 4.74 Å². The van der Waals surface area contributed by atoms with E-state index in [1.54, 1.807) is 6.07 Å². The van der Waals surface area contributed by atoms with Crippen molar-refractivity contribution in [1.29, 1.82) is 0 Å². The van der Waals surface area contributed by atoms with Crippen LogP contribution in [0.5, 0.6) is 5.75 Å². The van der Waals surface area contributed by atoms with E-state index in [0.717, 1.165) is 6.08 Å². The molecule has 0 heterocycles. The fourth-order valence-electron chi connectivity index (χ4n) is 2.88. The van der Waals surface area contributed by atoms with Gasteiger partial charge in [0.15, 0.2) is 0 Å². The Balaban J connectivity index is 2.63. The van der Waals surface area contributed by atoms with E-state index in [1.165, 1.54) is 13.2 Å². The second-order valence-corrected chi connectivity index (χ2v) is 6.06. The lowest BCUT2D eigenvalue weighted by Crippen LogP contribution is -2.16. The van der Waals surface area contributed by atoms with Crippen molar-refractivity contribution in [3.63, 3.8) is 0 Å². The molecule has 0 fully saturated rings. The van der Waals surface area contributed by atoms with Gasteiger partial charge in [-0.3, -0.25) is 0 Å². The Morgan fingerprint density at radius 2 is 1.88 bits per heavy atom. The molecular weight excluding hydrogens is 324 g/mol. The van der Waals surface area contributed by atoms with Gasteiger partial charge < -0.3 is 9.84 Å². The third-order valence-electron chi connectivity index (χ3n) is 4.18. The van der Waals surface area contributed by atoms with Gasteiger partial charge in [-0.25, -0.2) is 4.39 Å². The Morgan fingerprint density at radius 3 is 2.38 bits per heavy atom. The van der Waals surface area contributed by atoms with Crippen LogP contribution in [0.25, 0.3) is 5.57 Å². The number of aliphatic hydroxyl groups excluding tert-OH is 1. The Bertz CT molecular complexity index is 685. The number of benzene rings is 1. The van der Waals surface area contributed by atoms with E-state index in [0.29, 0.717) is 16.7 Å². The Hall–Kier alpha value is -1.82. The Morgan fingerprint density at radius 1 is 1.21 bits per heavy atom. The summed E-state index contributed by atoms with van der Waals surface area (Å²) in [4.78, 5) is 0. The molecule has 0 unspecified atom stereocenters. The van der Waals surface area contributed by atoms with Crippen molar-refractivity contribution < 1.29 is 27.4 Å². The summed E-state index contributed by atoms with van der Waals surface area (Å²) in [6.07, 6.45) is -3.50. The fourth-order valence-corrected chi connectivity index (χ4v) is 2.88. The van der Waals surface area contributed by atoms with Gasteiger partial charge in [0, 0.05) is 17.2 Å². The molecule has 0 amide bonds. The summed E-state index contributed by atoms with van der Waals surface area (Å²) in [5.74, 6) is -0.251. The maximum atomic E-state index is 14.1. The van der Waals surface area contributed by atoms with Crippen molar-refractivity contribution in [2.24, 2.45) is 0 Å². The molecule has 24 heavy (non-hydrogen) atoms. The van der Waals surface area contributed by atoms with Crippen LogP contribution in [-0.4, -0.2) is 25.0 Å². The monoisotopic (exact) mass is 344 g/mol. The van der Waals surface area contributed by atoms with E-state index in [9.17, 15) is 22.7 Å². The first-order valence-electron chi connectivity index (χ1n) is 7.67. The topological polar surface area (TPSA) is 29.5 Å². The number of methoxy groups -OCH3 is 1. The molecule has 2 nitrogen and oxygen atoms in total. The lowest BCUT2D eigenvalue weighted by Gasteiger charge is -2.23. The molecule has 0 saturated heterocycles. The summed E-state index contributed by atoms with van der Waals surface area (Å²) in [7, 11) is 1.38. The maximum Gasteiger partial charge on any atom is 0.412 e. The predicted octanol–water partition coefficient (Wildman–Crippen LogP) is 4.99. The van der Waals surface area contributed by atoms with Crippen LogP contribution >= 0.6 is 0 Å². The average molecular weight is 344 g/mol. The van der Waals surface area contributed by atoms with Crippen LogP contribution in [0.2, 0.25) is 0 Å². The molecule has 0 saturated carbocycles. The molecule has 1 aromatic rings. The van der Waals surface area contributed by atoms with Crippen LogP contribution in [0.4, 0.5) is 17.6 Å². The van der Waals surface area contributed by atoms with Crippen molar-refractivity contribution in [3.05, 3.63) is 46.3 Å². The zero-order valence-corrected chi connectivity index (χ0v) is 13.8. The number of rotatable bonds is 4. The summed E-state index contributed by atoms with van der Waals surface area (Å²) in [5.41, 5.74) is 1.07. The van der Waals surface area contributed by atoms with Crippen LogP contribution in [0.15, 0.2) is 29.4 Å². The van der Waals surface area contributed by atoms with Gasteiger partial charge in [0.25, 0.3) is 0 Å². The highest BCUT2D eigenvalue weighted by atomic mass is 19.4. The van der Waals surface area contributed by atoms with Crippen LogP contribution < -0.4 is 4.74 Å². The minimum atomic E-state index is -4.41. The van der Waals surface area contributed by atoms with Crippen LogP contribution in [0.3, 0.4) is 0 Å². The van der Waals surface area contributed by atoms with Crippen molar-refractivity contribution in [1.82, 2.24) is 0 Å². The van der Waals surface area contributed by atoms with Crippen molar-refractivity contribution in [2.45, 2.75) is 38.8 Å². The zero-order chi connectivity index (χ0) is 18.1. The van der Waals surface area contributed by atoms with Gasteiger partial charge in [-0.1, -0.05) is 13.8 Å². The van der Waals surface area contributed by atoms with E-state index >= 15 is 0 Å². The van der Waals surface area contributed by atoms with Crippen LogP contribution in [0, 0.1) is 5.82 Å². The van der Waals surface area contributed by atoms with Gasteiger partial charge in [-0.05, 0) is 47.6 Å². The molecule has 0 radical (unpaired) electrons. The third kappa shape index (κ3) is 3.64. The maximum absolute atomic E-state index is 14.1.